The molecule has 0 saturated carbocycles. The molecule has 0 aliphatic carbocycles. The lowest BCUT2D eigenvalue weighted by atomic mass is 10.1. The Morgan fingerprint density at radius 2 is 2.33 bits per heavy atom. The fourth-order valence-corrected chi connectivity index (χ4v) is 2.97. The predicted molar refractivity (Wildman–Crippen MR) is 72.5 cm³/mol. The summed E-state index contributed by atoms with van der Waals surface area (Å²) < 4.78 is 0. The van der Waals surface area contributed by atoms with Crippen LogP contribution in [0.5, 0.6) is 0 Å². The standard InChI is InChI=1S/C12H19N3O2S/c1-2-7-18-9-11(16)15-6-5-14-4-3-13-12(17)10(14)8-15/h2,10H,1,3-9H2,(H,13,17)/t10-/m1/s1. The SMILES string of the molecule is C=CCSCC(=O)N1CCN2CCNC(=O)[C@H]2C1. The monoisotopic (exact) mass is 269 g/mol. The van der Waals surface area contributed by atoms with Gasteiger partial charge in [-0.15, -0.1) is 18.3 Å². The number of amides is 2. The maximum Gasteiger partial charge on any atom is 0.239 e. The van der Waals surface area contributed by atoms with E-state index in [-0.39, 0.29) is 17.9 Å². The zero-order valence-corrected chi connectivity index (χ0v) is 11.2. The molecule has 0 aromatic rings. The van der Waals surface area contributed by atoms with Gasteiger partial charge in [0.25, 0.3) is 0 Å². The average molecular weight is 269 g/mol. The number of hydrogen-bond donors (Lipinski definition) is 1. The van der Waals surface area contributed by atoms with E-state index >= 15 is 0 Å². The molecule has 2 fully saturated rings. The minimum atomic E-state index is -0.152. The van der Waals surface area contributed by atoms with Crippen LogP contribution in [0.2, 0.25) is 0 Å². The number of rotatable bonds is 4. The molecule has 0 spiro atoms. The van der Waals surface area contributed by atoms with Crippen molar-refractivity contribution in [1.82, 2.24) is 15.1 Å². The number of fused-ring (bicyclic) bond motifs is 1. The second-order valence-electron chi connectivity index (χ2n) is 4.49. The third-order valence-electron chi connectivity index (χ3n) is 3.31. The highest BCUT2D eigenvalue weighted by Crippen LogP contribution is 2.14. The molecule has 2 aliphatic rings. The molecule has 0 bridgehead atoms. The average Bonchev–Trinajstić information content (AvgIpc) is 2.39. The molecule has 0 aromatic carbocycles. The van der Waals surface area contributed by atoms with Crippen LogP contribution < -0.4 is 5.32 Å². The molecule has 0 aromatic heterocycles. The third kappa shape index (κ3) is 3.05. The van der Waals surface area contributed by atoms with Gasteiger partial charge in [0.05, 0.1) is 5.75 Å². The topological polar surface area (TPSA) is 52.7 Å². The fourth-order valence-electron chi connectivity index (χ4n) is 2.32. The van der Waals surface area contributed by atoms with Gasteiger partial charge in [-0.1, -0.05) is 6.08 Å². The van der Waals surface area contributed by atoms with Gasteiger partial charge in [-0.05, 0) is 0 Å². The summed E-state index contributed by atoms with van der Waals surface area (Å²) in [5.41, 5.74) is 0. The maximum absolute atomic E-state index is 12.0. The zero-order chi connectivity index (χ0) is 13.0. The summed E-state index contributed by atoms with van der Waals surface area (Å²) in [6.07, 6.45) is 1.80. The molecule has 2 rings (SSSR count). The second kappa shape index (κ2) is 6.24. The number of nitrogens with one attached hydrogen (secondary N) is 1. The van der Waals surface area contributed by atoms with E-state index in [1.807, 2.05) is 4.90 Å². The Hall–Kier alpha value is -1.01. The van der Waals surface area contributed by atoms with E-state index in [1.54, 1.807) is 17.8 Å². The number of carbonyl (C=O) groups is 2. The van der Waals surface area contributed by atoms with Gasteiger partial charge in [-0.2, -0.15) is 0 Å². The van der Waals surface area contributed by atoms with Crippen molar-refractivity contribution in [2.24, 2.45) is 0 Å². The quantitative estimate of drug-likeness (QED) is 0.555. The molecule has 1 N–H and O–H groups in total. The predicted octanol–water partition coefficient (Wildman–Crippen LogP) is -0.452. The Morgan fingerprint density at radius 3 is 3.11 bits per heavy atom. The van der Waals surface area contributed by atoms with E-state index in [0.29, 0.717) is 12.3 Å². The number of thioether (sulfide) groups is 1. The lowest BCUT2D eigenvalue weighted by Crippen LogP contribution is -2.64. The van der Waals surface area contributed by atoms with Crippen LogP contribution in [0.15, 0.2) is 12.7 Å². The molecular formula is C12H19N3O2S. The van der Waals surface area contributed by atoms with Gasteiger partial charge < -0.3 is 10.2 Å². The zero-order valence-electron chi connectivity index (χ0n) is 10.4. The van der Waals surface area contributed by atoms with Crippen LogP contribution in [-0.2, 0) is 9.59 Å². The Kier molecular flexibility index (Phi) is 4.66. The summed E-state index contributed by atoms with van der Waals surface area (Å²) in [6.45, 7) is 7.30. The highest BCUT2D eigenvalue weighted by molar-refractivity contribution is 8.00. The highest BCUT2D eigenvalue weighted by Gasteiger charge is 2.35. The van der Waals surface area contributed by atoms with Crippen LogP contribution in [0.3, 0.4) is 0 Å². The number of piperazine rings is 2. The van der Waals surface area contributed by atoms with Gasteiger partial charge in [0.1, 0.15) is 6.04 Å². The molecule has 1 atom stereocenters. The van der Waals surface area contributed by atoms with E-state index in [1.165, 1.54) is 0 Å². The number of carbonyl (C=O) groups excluding carboxylic acids is 2. The van der Waals surface area contributed by atoms with Crippen molar-refractivity contribution in [2.75, 3.05) is 44.2 Å². The molecule has 2 amide bonds. The Labute approximate surface area is 112 Å². The first-order chi connectivity index (χ1) is 8.72. The summed E-state index contributed by atoms with van der Waals surface area (Å²) in [5.74, 6) is 1.44. The Bertz CT molecular complexity index is 348. The lowest BCUT2D eigenvalue weighted by Gasteiger charge is -2.43. The molecule has 100 valence electrons. The van der Waals surface area contributed by atoms with E-state index in [0.717, 1.165) is 31.9 Å². The summed E-state index contributed by atoms with van der Waals surface area (Å²) in [5, 5.41) is 2.86. The van der Waals surface area contributed by atoms with Crippen molar-refractivity contribution in [2.45, 2.75) is 6.04 Å². The molecule has 2 aliphatic heterocycles. The smallest absolute Gasteiger partial charge is 0.239 e. The summed E-state index contributed by atoms with van der Waals surface area (Å²) in [4.78, 5) is 27.7. The van der Waals surface area contributed by atoms with E-state index in [9.17, 15) is 9.59 Å². The van der Waals surface area contributed by atoms with Crippen molar-refractivity contribution in [1.29, 1.82) is 0 Å². The van der Waals surface area contributed by atoms with Gasteiger partial charge >= 0.3 is 0 Å². The van der Waals surface area contributed by atoms with Gasteiger partial charge in [0, 0.05) is 38.5 Å². The minimum Gasteiger partial charge on any atom is -0.353 e. The second-order valence-corrected chi connectivity index (χ2v) is 5.52. The van der Waals surface area contributed by atoms with Gasteiger partial charge in [-0.3, -0.25) is 14.5 Å². The van der Waals surface area contributed by atoms with Gasteiger partial charge in [0.15, 0.2) is 0 Å². The normalized spacial score (nSPS) is 24.3. The maximum atomic E-state index is 12.0. The van der Waals surface area contributed by atoms with E-state index < -0.39 is 0 Å². The first-order valence-corrected chi connectivity index (χ1v) is 7.36. The Morgan fingerprint density at radius 1 is 1.50 bits per heavy atom. The first kappa shape index (κ1) is 13.4. The van der Waals surface area contributed by atoms with Crippen molar-refractivity contribution >= 4 is 23.6 Å². The molecule has 0 unspecified atom stereocenters. The lowest BCUT2D eigenvalue weighted by molar-refractivity contribution is -0.138. The largest absolute Gasteiger partial charge is 0.353 e. The van der Waals surface area contributed by atoms with Crippen molar-refractivity contribution < 1.29 is 9.59 Å². The molecule has 0 radical (unpaired) electrons. The first-order valence-electron chi connectivity index (χ1n) is 6.20. The van der Waals surface area contributed by atoms with Crippen LogP contribution in [0.4, 0.5) is 0 Å². The fraction of sp³-hybridized carbons (Fsp3) is 0.667. The summed E-state index contributed by atoms with van der Waals surface area (Å²) in [7, 11) is 0. The van der Waals surface area contributed by atoms with Gasteiger partial charge in [-0.25, -0.2) is 0 Å². The van der Waals surface area contributed by atoms with E-state index in [2.05, 4.69) is 16.8 Å². The minimum absolute atomic E-state index is 0.0532. The van der Waals surface area contributed by atoms with Crippen LogP contribution in [0, 0.1) is 0 Å². The van der Waals surface area contributed by atoms with Crippen molar-refractivity contribution in [3.05, 3.63) is 12.7 Å². The molecule has 2 saturated heterocycles. The van der Waals surface area contributed by atoms with Crippen LogP contribution in [0.25, 0.3) is 0 Å². The molecule has 18 heavy (non-hydrogen) atoms. The van der Waals surface area contributed by atoms with Crippen molar-refractivity contribution in [3.63, 3.8) is 0 Å². The summed E-state index contributed by atoms with van der Waals surface area (Å²) >= 11 is 1.56. The molecule has 2 heterocycles. The summed E-state index contributed by atoms with van der Waals surface area (Å²) in [6, 6.07) is -0.152. The van der Waals surface area contributed by atoms with Crippen LogP contribution >= 0.6 is 11.8 Å². The van der Waals surface area contributed by atoms with E-state index in [4.69, 9.17) is 0 Å². The molecule has 6 heteroatoms. The van der Waals surface area contributed by atoms with Gasteiger partial charge in [0.2, 0.25) is 11.8 Å². The van der Waals surface area contributed by atoms with Crippen LogP contribution in [-0.4, -0.2) is 71.9 Å². The highest BCUT2D eigenvalue weighted by atomic mass is 32.2. The number of hydrogen-bond acceptors (Lipinski definition) is 4. The molecular weight excluding hydrogens is 250 g/mol. The Balaban J connectivity index is 1.86. The van der Waals surface area contributed by atoms with Crippen molar-refractivity contribution in [3.8, 4) is 0 Å². The third-order valence-corrected chi connectivity index (χ3v) is 4.23. The van der Waals surface area contributed by atoms with Crippen LogP contribution in [0.1, 0.15) is 0 Å². The number of nitrogens with zero attached hydrogens (tertiary/aromatic N) is 2. The molecule has 5 nitrogen and oxygen atoms in total.